The topological polar surface area (TPSA) is 42.4 Å². The number of rotatable bonds is 5. The van der Waals surface area contributed by atoms with Crippen molar-refractivity contribution >= 4 is 15.9 Å². The molecule has 0 atom stereocenters. The van der Waals surface area contributed by atoms with Gasteiger partial charge in [0, 0.05) is 24.4 Å². The highest BCUT2D eigenvalue weighted by atomic mass is 79.9. The van der Waals surface area contributed by atoms with Gasteiger partial charge in [-0.2, -0.15) is 0 Å². The Bertz CT molecular complexity index is 502. The minimum atomic E-state index is -0.0238. The van der Waals surface area contributed by atoms with E-state index in [0.29, 0.717) is 12.4 Å². The number of pyridine rings is 1. The third-order valence-corrected chi connectivity index (χ3v) is 3.23. The standard InChI is InChI=1S/C14H14BrNO2/c15-13-3-1-2-12(10-17)14(13)18-9-6-11-4-7-16-8-5-11/h1-5,7-8,17H,6,9-10H2. The minimum absolute atomic E-state index is 0.0238. The molecule has 0 amide bonds. The molecule has 2 aromatic rings. The average molecular weight is 308 g/mol. The fourth-order valence-electron chi connectivity index (χ4n) is 1.66. The van der Waals surface area contributed by atoms with E-state index in [1.54, 1.807) is 12.4 Å². The van der Waals surface area contributed by atoms with E-state index in [2.05, 4.69) is 20.9 Å². The first-order valence-corrected chi connectivity index (χ1v) is 6.50. The number of hydrogen-bond acceptors (Lipinski definition) is 3. The van der Waals surface area contributed by atoms with Crippen LogP contribution in [0.15, 0.2) is 47.2 Å². The third-order valence-electron chi connectivity index (χ3n) is 2.61. The van der Waals surface area contributed by atoms with Crippen LogP contribution in [-0.4, -0.2) is 16.7 Å². The maximum atomic E-state index is 9.25. The zero-order valence-corrected chi connectivity index (χ0v) is 11.4. The van der Waals surface area contributed by atoms with Gasteiger partial charge in [0.2, 0.25) is 0 Å². The number of aliphatic hydroxyl groups is 1. The average Bonchev–Trinajstić information content (AvgIpc) is 2.41. The lowest BCUT2D eigenvalue weighted by atomic mass is 10.2. The Morgan fingerprint density at radius 3 is 2.67 bits per heavy atom. The number of halogens is 1. The number of benzene rings is 1. The molecule has 0 fully saturated rings. The van der Waals surface area contributed by atoms with Crippen LogP contribution in [0.4, 0.5) is 0 Å². The van der Waals surface area contributed by atoms with Crippen LogP contribution >= 0.6 is 15.9 Å². The SMILES string of the molecule is OCc1cccc(Br)c1OCCc1ccncc1. The molecule has 18 heavy (non-hydrogen) atoms. The lowest BCUT2D eigenvalue weighted by Crippen LogP contribution is -2.04. The first-order valence-electron chi connectivity index (χ1n) is 5.71. The molecular weight excluding hydrogens is 294 g/mol. The molecular formula is C14H14BrNO2. The van der Waals surface area contributed by atoms with Gasteiger partial charge in [-0.3, -0.25) is 4.98 Å². The highest BCUT2D eigenvalue weighted by Gasteiger charge is 2.06. The van der Waals surface area contributed by atoms with Crippen LogP contribution in [0.3, 0.4) is 0 Å². The van der Waals surface area contributed by atoms with Crippen LogP contribution in [0.25, 0.3) is 0 Å². The lowest BCUT2D eigenvalue weighted by Gasteiger charge is -2.11. The largest absolute Gasteiger partial charge is 0.492 e. The Hall–Kier alpha value is -1.39. The van der Waals surface area contributed by atoms with Crippen LogP contribution in [0.5, 0.6) is 5.75 Å². The maximum absolute atomic E-state index is 9.25. The molecule has 1 aromatic carbocycles. The molecule has 3 nitrogen and oxygen atoms in total. The Morgan fingerprint density at radius 1 is 1.17 bits per heavy atom. The van der Waals surface area contributed by atoms with Crippen molar-refractivity contribution < 1.29 is 9.84 Å². The second kappa shape index (κ2) is 6.52. The molecule has 0 saturated heterocycles. The molecule has 0 saturated carbocycles. The van der Waals surface area contributed by atoms with Crippen molar-refractivity contribution in [1.29, 1.82) is 0 Å². The van der Waals surface area contributed by atoms with Crippen LogP contribution in [0.1, 0.15) is 11.1 Å². The summed E-state index contributed by atoms with van der Waals surface area (Å²) in [6.45, 7) is 0.545. The summed E-state index contributed by atoms with van der Waals surface area (Å²) in [5.74, 6) is 0.717. The Labute approximate surface area is 115 Å². The molecule has 0 aliphatic heterocycles. The highest BCUT2D eigenvalue weighted by molar-refractivity contribution is 9.10. The molecule has 1 aromatic heterocycles. The van der Waals surface area contributed by atoms with Crippen LogP contribution in [0.2, 0.25) is 0 Å². The lowest BCUT2D eigenvalue weighted by molar-refractivity contribution is 0.263. The summed E-state index contributed by atoms with van der Waals surface area (Å²) in [6.07, 6.45) is 4.36. The zero-order chi connectivity index (χ0) is 12.8. The fraction of sp³-hybridized carbons (Fsp3) is 0.214. The monoisotopic (exact) mass is 307 g/mol. The van der Waals surface area contributed by atoms with Crippen molar-refractivity contribution in [1.82, 2.24) is 4.98 Å². The van der Waals surface area contributed by atoms with Crippen molar-refractivity contribution in [2.24, 2.45) is 0 Å². The molecule has 0 spiro atoms. The normalized spacial score (nSPS) is 10.3. The van der Waals surface area contributed by atoms with Gasteiger partial charge < -0.3 is 9.84 Å². The summed E-state index contributed by atoms with van der Waals surface area (Å²) in [5.41, 5.74) is 1.97. The molecule has 94 valence electrons. The summed E-state index contributed by atoms with van der Waals surface area (Å²) >= 11 is 3.43. The van der Waals surface area contributed by atoms with Crippen molar-refractivity contribution in [2.75, 3.05) is 6.61 Å². The molecule has 0 aliphatic carbocycles. The summed E-state index contributed by atoms with van der Waals surface area (Å²) < 4.78 is 6.60. The molecule has 0 unspecified atom stereocenters. The Balaban J connectivity index is 1.98. The second-order valence-corrected chi connectivity index (χ2v) is 4.69. The number of para-hydroxylation sites is 1. The van der Waals surface area contributed by atoms with E-state index in [4.69, 9.17) is 4.74 Å². The highest BCUT2D eigenvalue weighted by Crippen LogP contribution is 2.29. The van der Waals surface area contributed by atoms with E-state index in [1.807, 2.05) is 30.3 Å². The van der Waals surface area contributed by atoms with Crippen LogP contribution < -0.4 is 4.74 Å². The summed E-state index contributed by atoms with van der Waals surface area (Å²) in [7, 11) is 0. The molecule has 1 heterocycles. The maximum Gasteiger partial charge on any atom is 0.138 e. The van der Waals surface area contributed by atoms with E-state index < -0.39 is 0 Å². The fourth-order valence-corrected chi connectivity index (χ4v) is 2.18. The van der Waals surface area contributed by atoms with Crippen molar-refractivity contribution in [3.8, 4) is 5.75 Å². The van der Waals surface area contributed by atoms with Gasteiger partial charge in [-0.05, 0) is 39.7 Å². The number of aliphatic hydroxyl groups excluding tert-OH is 1. The van der Waals surface area contributed by atoms with Gasteiger partial charge in [0.1, 0.15) is 5.75 Å². The van der Waals surface area contributed by atoms with Gasteiger partial charge in [0.15, 0.2) is 0 Å². The molecule has 0 bridgehead atoms. The van der Waals surface area contributed by atoms with Crippen molar-refractivity contribution in [3.63, 3.8) is 0 Å². The van der Waals surface area contributed by atoms with Crippen molar-refractivity contribution in [2.45, 2.75) is 13.0 Å². The quantitative estimate of drug-likeness (QED) is 0.923. The number of hydrogen-bond donors (Lipinski definition) is 1. The predicted octanol–water partition coefficient (Wildman–Crippen LogP) is 2.96. The minimum Gasteiger partial charge on any atom is -0.492 e. The third kappa shape index (κ3) is 3.31. The molecule has 1 N–H and O–H groups in total. The summed E-state index contributed by atoms with van der Waals surface area (Å²) in [6, 6.07) is 9.57. The molecule has 0 radical (unpaired) electrons. The molecule has 0 aliphatic rings. The molecule has 2 rings (SSSR count). The Morgan fingerprint density at radius 2 is 1.94 bits per heavy atom. The number of aromatic nitrogens is 1. The number of nitrogens with zero attached hydrogens (tertiary/aromatic N) is 1. The second-order valence-electron chi connectivity index (χ2n) is 3.84. The molecule has 4 heteroatoms. The van der Waals surface area contributed by atoms with Gasteiger partial charge in [-0.25, -0.2) is 0 Å². The van der Waals surface area contributed by atoms with E-state index in [1.165, 1.54) is 5.56 Å². The van der Waals surface area contributed by atoms with Crippen LogP contribution in [-0.2, 0) is 13.0 Å². The van der Waals surface area contributed by atoms with Gasteiger partial charge in [0.05, 0.1) is 17.7 Å². The van der Waals surface area contributed by atoms with E-state index >= 15 is 0 Å². The van der Waals surface area contributed by atoms with Gasteiger partial charge in [0.25, 0.3) is 0 Å². The van der Waals surface area contributed by atoms with Crippen LogP contribution in [0, 0.1) is 0 Å². The van der Waals surface area contributed by atoms with E-state index in [9.17, 15) is 5.11 Å². The smallest absolute Gasteiger partial charge is 0.138 e. The van der Waals surface area contributed by atoms with Gasteiger partial charge in [-0.15, -0.1) is 0 Å². The Kier molecular flexibility index (Phi) is 4.73. The van der Waals surface area contributed by atoms with Gasteiger partial charge in [-0.1, -0.05) is 12.1 Å². The predicted molar refractivity (Wildman–Crippen MR) is 73.5 cm³/mol. The summed E-state index contributed by atoms with van der Waals surface area (Å²) in [5, 5.41) is 9.25. The zero-order valence-electron chi connectivity index (χ0n) is 9.84. The van der Waals surface area contributed by atoms with Crippen molar-refractivity contribution in [3.05, 3.63) is 58.3 Å². The van der Waals surface area contributed by atoms with E-state index in [-0.39, 0.29) is 6.61 Å². The van der Waals surface area contributed by atoms with Gasteiger partial charge >= 0.3 is 0 Å². The first kappa shape index (κ1) is 13.1. The van der Waals surface area contributed by atoms with E-state index in [0.717, 1.165) is 16.5 Å². The number of ether oxygens (including phenoxy) is 1. The summed E-state index contributed by atoms with van der Waals surface area (Å²) in [4.78, 5) is 3.97. The first-order chi connectivity index (χ1) is 8.81.